The number of carboxylic acids is 1. The van der Waals surface area contributed by atoms with Crippen LogP contribution < -0.4 is 0 Å². The van der Waals surface area contributed by atoms with Crippen molar-refractivity contribution in [2.75, 3.05) is 0 Å². The molecule has 1 rings (SSSR count). The van der Waals surface area contributed by atoms with E-state index < -0.39 is 5.97 Å². The lowest BCUT2D eigenvalue weighted by Gasteiger charge is -2.42. The molecule has 2 nitrogen and oxygen atoms in total. The Labute approximate surface area is 99.4 Å². The van der Waals surface area contributed by atoms with Gasteiger partial charge in [-0.1, -0.05) is 34.6 Å². The monoisotopic (exact) mass is 226 g/mol. The summed E-state index contributed by atoms with van der Waals surface area (Å²) >= 11 is 0. The summed E-state index contributed by atoms with van der Waals surface area (Å²) in [5.41, 5.74) is 0.316. The van der Waals surface area contributed by atoms with E-state index in [0.717, 1.165) is 19.3 Å². The minimum absolute atomic E-state index is 0.112. The van der Waals surface area contributed by atoms with Crippen molar-refractivity contribution >= 4 is 5.97 Å². The van der Waals surface area contributed by atoms with Gasteiger partial charge in [0.2, 0.25) is 0 Å². The third kappa shape index (κ3) is 2.99. The summed E-state index contributed by atoms with van der Waals surface area (Å²) < 4.78 is 0. The van der Waals surface area contributed by atoms with Crippen LogP contribution in [0.2, 0.25) is 0 Å². The fourth-order valence-corrected chi connectivity index (χ4v) is 3.04. The molecule has 1 fully saturated rings. The largest absolute Gasteiger partial charge is 0.481 e. The summed E-state index contributed by atoms with van der Waals surface area (Å²) in [4.78, 5) is 11.2. The molecular formula is C14H26O2. The van der Waals surface area contributed by atoms with Gasteiger partial charge in [0.15, 0.2) is 0 Å². The molecule has 0 saturated heterocycles. The molecule has 3 atom stereocenters. The summed E-state index contributed by atoms with van der Waals surface area (Å²) in [5, 5.41) is 9.25. The number of carboxylic acid groups (broad SMARTS) is 1. The van der Waals surface area contributed by atoms with Crippen LogP contribution in [0.15, 0.2) is 0 Å². The van der Waals surface area contributed by atoms with E-state index in [-0.39, 0.29) is 5.92 Å². The number of hydrogen-bond donors (Lipinski definition) is 1. The Hall–Kier alpha value is -0.530. The SMILES string of the molecule is CC(C)C1CC(C(C)(C)C)CCC1C(=O)O. The third-order valence-corrected chi connectivity index (χ3v) is 4.30. The van der Waals surface area contributed by atoms with Crippen molar-refractivity contribution in [3.05, 3.63) is 0 Å². The van der Waals surface area contributed by atoms with Crippen molar-refractivity contribution < 1.29 is 9.90 Å². The molecule has 1 N–H and O–H groups in total. The van der Waals surface area contributed by atoms with Crippen molar-refractivity contribution in [2.24, 2.45) is 29.1 Å². The van der Waals surface area contributed by atoms with Gasteiger partial charge in [0.1, 0.15) is 0 Å². The maximum Gasteiger partial charge on any atom is 0.306 e. The van der Waals surface area contributed by atoms with Gasteiger partial charge in [-0.15, -0.1) is 0 Å². The molecule has 1 aliphatic carbocycles. The Morgan fingerprint density at radius 3 is 2.19 bits per heavy atom. The van der Waals surface area contributed by atoms with Crippen molar-refractivity contribution in [3.63, 3.8) is 0 Å². The van der Waals surface area contributed by atoms with Crippen LogP contribution in [0.5, 0.6) is 0 Å². The number of hydrogen-bond acceptors (Lipinski definition) is 1. The van der Waals surface area contributed by atoms with Crippen molar-refractivity contribution in [1.82, 2.24) is 0 Å². The van der Waals surface area contributed by atoms with Gasteiger partial charge in [-0.25, -0.2) is 0 Å². The molecular weight excluding hydrogens is 200 g/mol. The Morgan fingerprint density at radius 1 is 1.25 bits per heavy atom. The normalized spacial score (nSPS) is 31.8. The molecule has 0 radical (unpaired) electrons. The zero-order valence-electron chi connectivity index (χ0n) is 11.3. The minimum Gasteiger partial charge on any atom is -0.481 e. The highest BCUT2D eigenvalue weighted by atomic mass is 16.4. The molecule has 0 aliphatic heterocycles. The van der Waals surface area contributed by atoms with Crippen LogP contribution in [0.4, 0.5) is 0 Å². The Bertz CT molecular complexity index is 250. The maximum absolute atomic E-state index is 11.2. The summed E-state index contributed by atoms with van der Waals surface area (Å²) in [6, 6.07) is 0. The first-order valence-corrected chi connectivity index (χ1v) is 6.46. The van der Waals surface area contributed by atoms with Gasteiger partial charge in [-0.3, -0.25) is 4.79 Å². The number of aliphatic carboxylic acids is 1. The van der Waals surface area contributed by atoms with E-state index in [2.05, 4.69) is 34.6 Å². The highest BCUT2D eigenvalue weighted by Crippen LogP contribution is 2.45. The smallest absolute Gasteiger partial charge is 0.306 e. The average Bonchev–Trinajstić information content (AvgIpc) is 2.15. The first kappa shape index (κ1) is 13.5. The van der Waals surface area contributed by atoms with Crippen LogP contribution >= 0.6 is 0 Å². The summed E-state index contributed by atoms with van der Waals surface area (Å²) in [7, 11) is 0. The molecule has 0 amide bonds. The van der Waals surface area contributed by atoms with E-state index in [0.29, 0.717) is 23.2 Å². The van der Waals surface area contributed by atoms with Gasteiger partial charge in [0, 0.05) is 0 Å². The third-order valence-electron chi connectivity index (χ3n) is 4.30. The molecule has 0 bridgehead atoms. The maximum atomic E-state index is 11.2. The lowest BCUT2D eigenvalue weighted by atomic mass is 9.63. The van der Waals surface area contributed by atoms with Crippen LogP contribution in [0.25, 0.3) is 0 Å². The zero-order chi connectivity index (χ0) is 12.5. The first-order valence-electron chi connectivity index (χ1n) is 6.46. The van der Waals surface area contributed by atoms with E-state index in [1.807, 2.05) is 0 Å². The van der Waals surface area contributed by atoms with Crippen LogP contribution in [-0.2, 0) is 4.79 Å². The molecule has 0 aromatic carbocycles. The predicted molar refractivity (Wildman–Crippen MR) is 66.2 cm³/mol. The van der Waals surface area contributed by atoms with Gasteiger partial charge < -0.3 is 5.11 Å². The number of rotatable bonds is 2. The number of carbonyl (C=O) groups is 1. The first-order chi connectivity index (χ1) is 7.23. The van der Waals surface area contributed by atoms with E-state index in [4.69, 9.17) is 0 Å². The second-order valence-corrected chi connectivity index (χ2v) is 6.73. The predicted octanol–water partition coefficient (Wildman–Crippen LogP) is 3.81. The van der Waals surface area contributed by atoms with Gasteiger partial charge >= 0.3 is 5.97 Å². The van der Waals surface area contributed by atoms with Crippen LogP contribution in [-0.4, -0.2) is 11.1 Å². The Morgan fingerprint density at radius 2 is 1.81 bits per heavy atom. The Balaban J connectivity index is 2.77. The van der Waals surface area contributed by atoms with E-state index in [1.54, 1.807) is 0 Å². The van der Waals surface area contributed by atoms with E-state index in [9.17, 15) is 9.90 Å². The van der Waals surface area contributed by atoms with Gasteiger partial charge in [-0.2, -0.15) is 0 Å². The second-order valence-electron chi connectivity index (χ2n) is 6.73. The molecule has 1 aliphatic rings. The molecule has 3 unspecified atom stereocenters. The second kappa shape index (κ2) is 4.77. The fourth-order valence-electron chi connectivity index (χ4n) is 3.04. The fraction of sp³-hybridized carbons (Fsp3) is 0.929. The quantitative estimate of drug-likeness (QED) is 0.777. The molecule has 1 saturated carbocycles. The molecule has 2 heteroatoms. The lowest BCUT2D eigenvalue weighted by molar-refractivity contribution is -0.147. The van der Waals surface area contributed by atoms with Crippen molar-refractivity contribution in [1.29, 1.82) is 0 Å². The highest BCUT2D eigenvalue weighted by Gasteiger charge is 2.39. The summed E-state index contributed by atoms with van der Waals surface area (Å²) in [5.74, 6) is 0.807. The van der Waals surface area contributed by atoms with Crippen molar-refractivity contribution in [2.45, 2.75) is 53.9 Å². The topological polar surface area (TPSA) is 37.3 Å². The summed E-state index contributed by atoms with van der Waals surface area (Å²) in [6.07, 6.45) is 3.02. The molecule has 0 heterocycles. The average molecular weight is 226 g/mol. The standard InChI is InChI=1S/C14H26O2/c1-9(2)12-8-10(14(3,4)5)6-7-11(12)13(15)16/h9-12H,6-8H2,1-5H3,(H,15,16). The van der Waals surface area contributed by atoms with Crippen molar-refractivity contribution in [3.8, 4) is 0 Å². The molecule has 94 valence electrons. The van der Waals surface area contributed by atoms with Crippen LogP contribution in [0, 0.1) is 29.1 Å². The molecule has 0 spiro atoms. The van der Waals surface area contributed by atoms with Gasteiger partial charge in [0.25, 0.3) is 0 Å². The van der Waals surface area contributed by atoms with Crippen LogP contribution in [0.3, 0.4) is 0 Å². The summed E-state index contributed by atoms with van der Waals surface area (Å²) in [6.45, 7) is 11.1. The minimum atomic E-state index is -0.592. The van der Waals surface area contributed by atoms with Gasteiger partial charge in [0.05, 0.1) is 5.92 Å². The van der Waals surface area contributed by atoms with E-state index >= 15 is 0 Å². The Kier molecular flexibility index (Phi) is 4.03. The molecule has 0 aromatic heterocycles. The van der Waals surface area contributed by atoms with Crippen LogP contribution in [0.1, 0.15) is 53.9 Å². The molecule has 0 aromatic rings. The molecule has 16 heavy (non-hydrogen) atoms. The lowest BCUT2D eigenvalue weighted by Crippen LogP contribution is -2.37. The van der Waals surface area contributed by atoms with Gasteiger partial charge in [-0.05, 0) is 42.4 Å². The van der Waals surface area contributed by atoms with E-state index in [1.165, 1.54) is 0 Å². The highest BCUT2D eigenvalue weighted by molar-refractivity contribution is 5.70. The zero-order valence-corrected chi connectivity index (χ0v) is 11.3.